The third-order valence-corrected chi connectivity index (χ3v) is 5.34. The van der Waals surface area contributed by atoms with Gasteiger partial charge in [-0.3, -0.25) is 10.1 Å². The molecule has 1 aliphatic heterocycles. The molecule has 1 amide bonds. The Labute approximate surface area is 190 Å². The monoisotopic (exact) mass is 490 g/mol. The van der Waals surface area contributed by atoms with Crippen LogP contribution in [-0.2, 0) is 11.3 Å². The van der Waals surface area contributed by atoms with E-state index in [0.29, 0.717) is 38.4 Å². The van der Waals surface area contributed by atoms with Gasteiger partial charge in [0, 0.05) is 49.0 Å². The smallest absolute Gasteiger partial charge is 0.410 e. The summed E-state index contributed by atoms with van der Waals surface area (Å²) in [7, 11) is 0. The summed E-state index contributed by atoms with van der Waals surface area (Å²) in [4.78, 5) is 27.2. The van der Waals surface area contributed by atoms with Crippen molar-refractivity contribution in [1.82, 2.24) is 4.90 Å². The first kappa shape index (κ1) is 22.9. The van der Waals surface area contributed by atoms with Crippen molar-refractivity contribution in [3.8, 4) is 0 Å². The van der Waals surface area contributed by atoms with Crippen LogP contribution in [-0.4, -0.2) is 47.7 Å². The summed E-state index contributed by atoms with van der Waals surface area (Å²) in [5, 5.41) is 14.7. The molecule has 3 rings (SSSR count). The van der Waals surface area contributed by atoms with Crippen molar-refractivity contribution in [3.63, 3.8) is 0 Å². The molecule has 2 aromatic rings. The topological polar surface area (TPSA) is 88.0 Å². The first-order valence-electron chi connectivity index (χ1n) is 10.1. The number of amides is 1. The molecule has 9 heteroatoms. The SMILES string of the molecule is CC(C)(C)OC(=O)N1CCN(c2ccc([N+](=O)[O-])c(NCc3cccc(Br)c3)c2)CC1. The van der Waals surface area contributed by atoms with Crippen LogP contribution in [0, 0.1) is 10.1 Å². The lowest BCUT2D eigenvalue weighted by atomic mass is 10.1. The van der Waals surface area contributed by atoms with Crippen LogP contribution in [0.3, 0.4) is 0 Å². The van der Waals surface area contributed by atoms with Gasteiger partial charge in [0.1, 0.15) is 11.3 Å². The number of anilines is 2. The molecule has 166 valence electrons. The van der Waals surface area contributed by atoms with E-state index >= 15 is 0 Å². The van der Waals surface area contributed by atoms with Gasteiger partial charge in [-0.1, -0.05) is 28.1 Å². The number of nitrogens with zero attached hydrogens (tertiary/aromatic N) is 3. The molecule has 0 spiro atoms. The molecule has 31 heavy (non-hydrogen) atoms. The number of nitro groups is 1. The van der Waals surface area contributed by atoms with E-state index in [1.165, 1.54) is 6.07 Å². The Hall–Kier alpha value is -2.81. The van der Waals surface area contributed by atoms with Crippen LogP contribution in [0.1, 0.15) is 26.3 Å². The number of hydrogen-bond acceptors (Lipinski definition) is 6. The Morgan fingerprint density at radius 1 is 1.16 bits per heavy atom. The number of carbonyl (C=O) groups is 1. The van der Waals surface area contributed by atoms with Gasteiger partial charge in [-0.05, 0) is 50.6 Å². The summed E-state index contributed by atoms with van der Waals surface area (Å²) in [6, 6.07) is 12.9. The van der Waals surface area contributed by atoms with Crippen LogP contribution in [0.5, 0.6) is 0 Å². The number of piperazine rings is 1. The third-order valence-electron chi connectivity index (χ3n) is 4.85. The van der Waals surface area contributed by atoms with Gasteiger partial charge in [-0.2, -0.15) is 0 Å². The van der Waals surface area contributed by atoms with Gasteiger partial charge >= 0.3 is 6.09 Å². The fourth-order valence-corrected chi connectivity index (χ4v) is 3.79. The van der Waals surface area contributed by atoms with E-state index < -0.39 is 5.60 Å². The normalized spacial score (nSPS) is 14.3. The number of nitro benzene ring substituents is 1. The van der Waals surface area contributed by atoms with Crippen LogP contribution >= 0.6 is 15.9 Å². The predicted octanol–water partition coefficient (Wildman–Crippen LogP) is 5.03. The minimum Gasteiger partial charge on any atom is -0.444 e. The summed E-state index contributed by atoms with van der Waals surface area (Å²) in [5.41, 5.74) is 1.87. The molecule has 0 radical (unpaired) electrons. The molecule has 0 atom stereocenters. The number of benzene rings is 2. The predicted molar refractivity (Wildman–Crippen MR) is 125 cm³/mol. The standard InChI is InChI=1S/C22H27BrN4O4/c1-22(2,3)31-21(28)26-11-9-25(10-12-26)18-7-8-20(27(29)30)19(14-18)24-15-16-5-4-6-17(23)13-16/h4-8,13-14,24H,9-12,15H2,1-3H3. The van der Waals surface area contributed by atoms with Gasteiger partial charge in [0.05, 0.1) is 4.92 Å². The number of hydrogen-bond donors (Lipinski definition) is 1. The summed E-state index contributed by atoms with van der Waals surface area (Å²) in [6.07, 6.45) is -0.313. The zero-order valence-electron chi connectivity index (χ0n) is 17.9. The Kier molecular flexibility index (Phi) is 7.04. The minimum atomic E-state index is -0.526. The highest BCUT2D eigenvalue weighted by atomic mass is 79.9. The Morgan fingerprint density at radius 3 is 2.48 bits per heavy atom. The van der Waals surface area contributed by atoms with Gasteiger partial charge in [-0.15, -0.1) is 0 Å². The molecule has 1 saturated heterocycles. The van der Waals surface area contributed by atoms with Crippen molar-refractivity contribution in [3.05, 3.63) is 62.6 Å². The van der Waals surface area contributed by atoms with Crippen molar-refractivity contribution < 1.29 is 14.5 Å². The highest BCUT2D eigenvalue weighted by Crippen LogP contribution is 2.31. The fourth-order valence-electron chi connectivity index (χ4n) is 3.34. The van der Waals surface area contributed by atoms with E-state index in [2.05, 4.69) is 26.1 Å². The third kappa shape index (κ3) is 6.33. The average molecular weight is 491 g/mol. The van der Waals surface area contributed by atoms with Gasteiger partial charge < -0.3 is 19.9 Å². The van der Waals surface area contributed by atoms with Crippen molar-refractivity contribution >= 4 is 39.1 Å². The van der Waals surface area contributed by atoms with Gasteiger partial charge in [0.2, 0.25) is 0 Å². The largest absolute Gasteiger partial charge is 0.444 e. The molecular weight excluding hydrogens is 464 g/mol. The van der Waals surface area contributed by atoms with E-state index in [9.17, 15) is 14.9 Å². The van der Waals surface area contributed by atoms with Gasteiger partial charge in [0.15, 0.2) is 0 Å². The van der Waals surface area contributed by atoms with Crippen molar-refractivity contribution in [2.45, 2.75) is 32.9 Å². The number of rotatable bonds is 5. The molecule has 0 aliphatic carbocycles. The van der Waals surface area contributed by atoms with Crippen LogP contribution in [0.15, 0.2) is 46.9 Å². The molecule has 1 N–H and O–H groups in total. The summed E-state index contributed by atoms with van der Waals surface area (Å²) in [5.74, 6) is 0. The second-order valence-electron chi connectivity index (χ2n) is 8.40. The Balaban J connectivity index is 1.69. The van der Waals surface area contributed by atoms with Crippen LogP contribution in [0.4, 0.5) is 21.9 Å². The molecule has 0 aromatic heterocycles. The van der Waals surface area contributed by atoms with Crippen LogP contribution in [0.25, 0.3) is 0 Å². The molecular formula is C22H27BrN4O4. The summed E-state index contributed by atoms with van der Waals surface area (Å²) < 4.78 is 6.40. The molecule has 2 aromatic carbocycles. The number of nitrogens with one attached hydrogen (secondary N) is 1. The lowest BCUT2D eigenvalue weighted by Crippen LogP contribution is -2.50. The summed E-state index contributed by atoms with van der Waals surface area (Å²) in [6.45, 7) is 8.34. The van der Waals surface area contributed by atoms with E-state index in [1.54, 1.807) is 17.0 Å². The van der Waals surface area contributed by atoms with E-state index in [0.717, 1.165) is 15.7 Å². The van der Waals surface area contributed by atoms with Gasteiger partial charge in [0.25, 0.3) is 5.69 Å². The number of halogens is 1. The highest BCUT2D eigenvalue weighted by molar-refractivity contribution is 9.10. The lowest BCUT2D eigenvalue weighted by molar-refractivity contribution is -0.384. The van der Waals surface area contributed by atoms with Gasteiger partial charge in [-0.25, -0.2) is 4.79 Å². The molecule has 0 bridgehead atoms. The molecule has 8 nitrogen and oxygen atoms in total. The molecule has 1 aliphatic rings. The van der Waals surface area contributed by atoms with E-state index in [-0.39, 0.29) is 16.7 Å². The lowest BCUT2D eigenvalue weighted by Gasteiger charge is -2.36. The average Bonchev–Trinajstić information content (AvgIpc) is 2.71. The van der Waals surface area contributed by atoms with Crippen LogP contribution < -0.4 is 10.2 Å². The second kappa shape index (κ2) is 9.55. The van der Waals surface area contributed by atoms with Crippen molar-refractivity contribution in [2.75, 3.05) is 36.4 Å². The zero-order valence-corrected chi connectivity index (χ0v) is 19.5. The van der Waals surface area contributed by atoms with Crippen molar-refractivity contribution in [2.24, 2.45) is 0 Å². The second-order valence-corrected chi connectivity index (χ2v) is 9.31. The van der Waals surface area contributed by atoms with Crippen LogP contribution in [0.2, 0.25) is 0 Å². The van der Waals surface area contributed by atoms with Crippen molar-refractivity contribution in [1.29, 1.82) is 0 Å². The molecule has 0 saturated carbocycles. The summed E-state index contributed by atoms with van der Waals surface area (Å²) >= 11 is 3.44. The maximum Gasteiger partial charge on any atom is 0.410 e. The van der Waals surface area contributed by atoms with E-state index in [1.807, 2.05) is 45.0 Å². The zero-order chi connectivity index (χ0) is 22.6. The quantitative estimate of drug-likeness (QED) is 0.467. The molecule has 0 unspecified atom stereocenters. The Bertz CT molecular complexity index is 953. The Morgan fingerprint density at radius 2 is 1.87 bits per heavy atom. The first-order valence-corrected chi connectivity index (χ1v) is 10.9. The first-order chi connectivity index (χ1) is 14.6. The fraction of sp³-hybridized carbons (Fsp3) is 0.409. The number of ether oxygens (including phenoxy) is 1. The highest BCUT2D eigenvalue weighted by Gasteiger charge is 2.26. The molecule has 1 fully saturated rings. The maximum absolute atomic E-state index is 12.3. The molecule has 1 heterocycles. The number of carbonyl (C=O) groups excluding carboxylic acids is 1. The minimum absolute atomic E-state index is 0.0335. The maximum atomic E-state index is 12.3. The van der Waals surface area contributed by atoms with E-state index in [4.69, 9.17) is 4.74 Å².